The average molecular weight is 395 g/mol. The van der Waals surface area contributed by atoms with Gasteiger partial charge in [-0.25, -0.2) is 0 Å². The number of anilines is 1. The highest BCUT2D eigenvalue weighted by molar-refractivity contribution is 6.02. The van der Waals surface area contributed by atoms with Crippen LogP contribution in [-0.4, -0.2) is 32.4 Å². The lowest BCUT2D eigenvalue weighted by Crippen LogP contribution is -2.19. The van der Waals surface area contributed by atoms with E-state index < -0.39 is 18.7 Å². The monoisotopic (exact) mass is 395 g/mol. The van der Waals surface area contributed by atoms with Gasteiger partial charge in [-0.05, 0) is 42.8 Å². The Bertz CT molecular complexity index is 834. The Morgan fingerprint density at radius 3 is 2.57 bits per heavy atom. The molecule has 0 heterocycles. The average Bonchev–Trinajstić information content (AvgIpc) is 2.65. The molecule has 0 aliphatic heterocycles. The number of halogens is 3. The highest BCUT2D eigenvalue weighted by Gasteiger charge is 2.28. The molecule has 5 nitrogen and oxygen atoms in total. The predicted octanol–water partition coefficient (Wildman–Crippen LogP) is 4.69. The van der Waals surface area contributed by atoms with E-state index in [-0.39, 0.29) is 5.75 Å². The molecule has 0 unspecified atom stereocenters. The number of carbonyl (C=O) groups excluding carboxylic acids is 1. The van der Waals surface area contributed by atoms with Crippen LogP contribution in [-0.2, 0) is 4.79 Å². The lowest BCUT2D eigenvalue weighted by molar-refractivity contribution is -0.153. The van der Waals surface area contributed by atoms with Crippen molar-refractivity contribution in [3.8, 4) is 17.2 Å². The zero-order valence-corrected chi connectivity index (χ0v) is 15.4. The summed E-state index contributed by atoms with van der Waals surface area (Å²) in [5.41, 5.74) is 1.04. The summed E-state index contributed by atoms with van der Waals surface area (Å²) < 4.78 is 52.0. The number of nitrogens with one attached hydrogen (secondary N) is 1. The van der Waals surface area contributed by atoms with Crippen molar-refractivity contribution in [3.63, 3.8) is 0 Å². The van der Waals surface area contributed by atoms with Gasteiger partial charge >= 0.3 is 6.18 Å². The number of rotatable bonds is 8. The van der Waals surface area contributed by atoms with Gasteiger partial charge < -0.3 is 19.5 Å². The summed E-state index contributed by atoms with van der Waals surface area (Å²) in [4.78, 5) is 12.1. The topological polar surface area (TPSA) is 56.8 Å². The Morgan fingerprint density at radius 1 is 1.11 bits per heavy atom. The van der Waals surface area contributed by atoms with E-state index in [1.165, 1.54) is 31.4 Å². The van der Waals surface area contributed by atoms with Crippen molar-refractivity contribution >= 4 is 17.7 Å². The van der Waals surface area contributed by atoms with Crippen molar-refractivity contribution in [3.05, 3.63) is 54.1 Å². The first-order valence-corrected chi connectivity index (χ1v) is 8.40. The number of hydrogen-bond acceptors (Lipinski definition) is 4. The van der Waals surface area contributed by atoms with Gasteiger partial charge in [0.2, 0.25) is 5.91 Å². The van der Waals surface area contributed by atoms with Crippen LogP contribution in [0.25, 0.3) is 6.08 Å². The van der Waals surface area contributed by atoms with E-state index in [2.05, 4.69) is 10.1 Å². The number of ether oxygens (including phenoxy) is 3. The van der Waals surface area contributed by atoms with Crippen LogP contribution in [0.3, 0.4) is 0 Å². The highest BCUT2D eigenvalue weighted by Crippen LogP contribution is 2.28. The maximum absolute atomic E-state index is 12.2. The van der Waals surface area contributed by atoms with Crippen LogP contribution in [0.4, 0.5) is 18.9 Å². The van der Waals surface area contributed by atoms with Gasteiger partial charge in [0.25, 0.3) is 0 Å². The lowest BCUT2D eigenvalue weighted by atomic mass is 10.2. The minimum atomic E-state index is -4.43. The second-order valence-electron chi connectivity index (χ2n) is 5.60. The lowest BCUT2D eigenvalue weighted by Gasteiger charge is -2.10. The minimum absolute atomic E-state index is 0.00959. The second-order valence-corrected chi connectivity index (χ2v) is 5.60. The summed E-state index contributed by atoms with van der Waals surface area (Å²) in [6, 6.07) is 11.0. The molecule has 1 N–H and O–H groups in total. The fourth-order valence-corrected chi connectivity index (χ4v) is 2.25. The van der Waals surface area contributed by atoms with Gasteiger partial charge in [0, 0.05) is 17.8 Å². The summed E-state index contributed by atoms with van der Waals surface area (Å²) >= 11 is 0. The van der Waals surface area contributed by atoms with Crippen LogP contribution in [0, 0.1) is 0 Å². The van der Waals surface area contributed by atoms with Gasteiger partial charge in [-0.3, -0.25) is 4.79 Å². The van der Waals surface area contributed by atoms with Crippen LogP contribution >= 0.6 is 0 Å². The number of benzene rings is 2. The molecule has 0 radical (unpaired) electrons. The van der Waals surface area contributed by atoms with Crippen molar-refractivity contribution in [2.45, 2.75) is 13.1 Å². The standard InChI is InChI=1S/C20H20F3NO4/c1-3-27-17-9-7-14(11-18(17)26-2)8-10-19(25)24-15-5-4-6-16(12-15)28-13-20(21,22)23/h4-12H,3,13H2,1-2H3,(H,24,25)/b10-8+. The first kappa shape index (κ1) is 21.1. The van der Waals surface area contributed by atoms with E-state index in [1.807, 2.05) is 6.92 Å². The molecule has 28 heavy (non-hydrogen) atoms. The Hall–Kier alpha value is -3.16. The van der Waals surface area contributed by atoms with Gasteiger partial charge in [0.05, 0.1) is 13.7 Å². The van der Waals surface area contributed by atoms with Crippen molar-refractivity contribution in [1.29, 1.82) is 0 Å². The highest BCUT2D eigenvalue weighted by atomic mass is 19.4. The Balaban J connectivity index is 2.00. The molecule has 2 rings (SSSR count). The smallest absolute Gasteiger partial charge is 0.422 e. The molecule has 8 heteroatoms. The number of alkyl halides is 3. The third-order valence-electron chi connectivity index (χ3n) is 3.42. The van der Waals surface area contributed by atoms with E-state index in [0.717, 1.165) is 5.56 Å². The molecule has 0 bridgehead atoms. The number of carbonyl (C=O) groups is 1. The third-order valence-corrected chi connectivity index (χ3v) is 3.42. The van der Waals surface area contributed by atoms with E-state index in [1.54, 1.807) is 30.3 Å². The molecule has 0 fully saturated rings. The molecule has 0 spiro atoms. The van der Waals surface area contributed by atoms with Crippen LogP contribution < -0.4 is 19.5 Å². The van der Waals surface area contributed by atoms with Gasteiger partial charge in [-0.1, -0.05) is 12.1 Å². The molecule has 0 aliphatic rings. The first-order valence-electron chi connectivity index (χ1n) is 8.40. The summed E-state index contributed by atoms with van der Waals surface area (Å²) in [7, 11) is 1.52. The van der Waals surface area contributed by atoms with Gasteiger partial charge in [-0.2, -0.15) is 13.2 Å². The van der Waals surface area contributed by atoms with Crippen molar-refractivity contribution < 1.29 is 32.2 Å². The molecule has 150 valence electrons. The largest absolute Gasteiger partial charge is 0.493 e. The molecule has 2 aromatic carbocycles. The maximum Gasteiger partial charge on any atom is 0.422 e. The van der Waals surface area contributed by atoms with E-state index >= 15 is 0 Å². The minimum Gasteiger partial charge on any atom is -0.493 e. The van der Waals surface area contributed by atoms with Crippen LogP contribution in [0.15, 0.2) is 48.5 Å². The van der Waals surface area contributed by atoms with Gasteiger partial charge in [0.15, 0.2) is 18.1 Å². The van der Waals surface area contributed by atoms with Crippen molar-refractivity contribution in [1.82, 2.24) is 0 Å². The fraction of sp³-hybridized carbons (Fsp3) is 0.250. The van der Waals surface area contributed by atoms with Crippen LogP contribution in [0.1, 0.15) is 12.5 Å². The van der Waals surface area contributed by atoms with Crippen molar-refractivity contribution in [2.75, 3.05) is 25.6 Å². The third kappa shape index (κ3) is 6.86. The summed E-state index contributed by atoms with van der Waals surface area (Å²) in [5, 5.41) is 2.57. The Morgan fingerprint density at radius 2 is 1.89 bits per heavy atom. The predicted molar refractivity (Wildman–Crippen MR) is 99.8 cm³/mol. The van der Waals surface area contributed by atoms with Crippen LogP contribution in [0.2, 0.25) is 0 Å². The summed E-state index contributed by atoms with van der Waals surface area (Å²) in [5.74, 6) is 0.706. The zero-order chi connectivity index (χ0) is 20.6. The van der Waals surface area contributed by atoms with E-state index in [4.69, 9.17) is 9.47 Å². The molecule has 0 saturated carbocycles. The van der Waals surface area contributed by atoms with E-state index in [0.29, 0.717) is 23.8 Å². The molecular weight excluding hydrogens is 375 g/mol. The van der Waals surface area contributed by atoms with Gasteiger partial charge in [-0.15, -0.1) is 0 Å². The summed E-state index contributed by atoms with van der Waals surface area (Å²) in [6.07, 6.45) is -1.54. The first-order chi connectivity index (χ1) is 13.3. The number of amides is 1. The normalized spacial score (nSPS) is 11.3. The van der Waals surface area contributed by atoms with Crippen LogP contribution in [0.5, 0.6) is 17.2 Å². The molecular formula is C20H20F3NO4. The van der Waals surface area contributed by atoms with Gasteiger partial charge in [0.1, 0.15) is 5.75 Å². The SMILES string of the molecule is CCOc1ccc(/C=C/C(=O)Nc2cccc(OCC(F)(F)F)c2)cc1OC. The van der Waals surface area contributed by atoms with E-state index in [9.17, 15) is 18.0 Å². The zero-order valence-electron chi connectivity index (χ0n) is 15.4. The molecule has 1 amide bonds. The maximum atomic E-state index is 12.2. The Kier molecular flexibility index (Phi) is 7.31. The fourth-order valence-electron chi connectivity index (χ4n) is 2.25. The molecule has 0 saturated heterocycles. The summed E-state index contributed by atoms with van der Waals surface area (Å²) in [6.45, 7) is 0.963. The molecule has 0 aromatic heterocycles. The second kappa shape index (κ2) is 9.68. The molecule has 0 atom stereocenters. The quantitative estimate of drug-likeness (QED) is 0.659. The molecule has 0 aliphatic carbocycles. The van der Waals surface area contributed by atoms with Crippen molar-refractivity contribution in [2.24, 2.45) is 0 Å². The number of hydrogen-bond donors (Lipinski definition) is 1. The molecule has 2 aromatic rings. The number of methoxy groups -OCH3 is 1. The Labute approximate surface area is 160 Å².